The molecule has 2 bridgehead atoms. The molecular formula is C19H27N3O2. The van der Waals surface area contributed by atoms with Crippen LogP contribution in [0.2, 0.25) is 0 Å². The third-order valence-electron chi connectivity index (χ3n) is 5.62. The number of amides is 1. The first-order valence-corrected chi connectivity index (χ1v) is 8.99. The molecule has 130 valence electrons. The molecule has 4 aliphatic heterocycles. The van der Waals surface area contributed by atoms with Crippen LogP contribution in [0.4, 0.5) is 5.69 Å². The number of likely N-dealkylation sites (N-methyl/N-ethyl adjacent to an activating group) is 1. The van der Waals surface area contributed by atoms with Crippen molar-refractivity contribution in [2.45, 2.75) is 38.3 Å². The van der Waals surface area contributed by atoms with Gasteiger partial charge >= 0.3 is 0 Å². The molecule has 24 heavy (non-hydrogen) atoms. The molecule has 0 aliphatic carbocycles. The largest absolute Gasteiger partial charge is 0.483 e. The number of rotatable bonds is 2. The van der Waals surface area contributed by atoms with Crippen molar-refractivity contribution in [3.8, 4) is 5.75 Å². The number of ether oxygens (including phenoxy) is 1. The van der Waals surface area contributed by atoms with E-state index in [1.807, 2.05) is 18.2 Å². The maximum absolute atomic E-state index is 13.0. The van der Waals surface area contributed by atoms with E-state index in [2.05, 4.69) is 36.0 Å². The highest BCUT2D eigenvalue weighted by atomic mass is 16.5. The third kappa shape index (κ3) is 2.75. The van der Waals surface area contributed by atoms with E-state index in [9.17, 15) is 4.79 Å². The van der Waals surface area contributed by atoms with Crippen molar-refractivity contribution in [3.63, 3.8) is 0 Å². The molecule has 5 heteroatoms. The zero-order valence-corrected chi connectivity index (χ0v) is 14.8. The molecule has 4 heterocycles. The van der Waals surface area contributed by atoms with Gasteiger partial charge in [-0.25, -0.2) is 0 Å². The second-order valence-corrected chi connectivity index (χ2v) is 8.09. The van der Waals surface area contributed by atoms with Crippen LogP contribution in [-0.2, 0) is 0 Å². The summed E-state index contributed by atoms with van der Waals surface area (Å²) in [6.07, 6.45) is 2.40. The maximum Gasteiger partial charge on any atom is 0.255 e. The fourth-order valence-corrected chi connectivity index (χ4v) is 4.45. The second-order valence-electron chi connectivity index (χ2n) is 8.09. The van der Waals surface area contributed by atoms with E-state index < -0.39 is 0 Å². The molecule has 0 spiro atoms. The van der Waals surface area contributed by atoms with Gasteiger partial charge in [-0.15, -0.1) is 0 Å². The van der Waals surface area contributed by atoms with Crippen LogP contribution in [0.5, 0.6) is 5.75 Å². The first kappa shape index (κ1) is 15.8. The van der Waals surface area contributed by atoms with Gasteiger partial charge in [0.1, 0.15) is 5.60 Å². The first-order valence-electron chi connectivity index (χ1n) is 8.99. The molecule has 1 N–H and O–H groups in total. The minimum Gasteiger partial charge on any atom is -0.483 e. The number of nitrogens with one attached hydrogen (secondary N) is 1. The van der Waals surface area contributed by atoms with Crippen molar-refractivity contribution in [1.82, 2.24) is 10.2 Å². The summed E-state index contributed by atoms with van der Waals surface area (Å²) in [5, 5.41) is 3.28. The molecule has 5 rings (SSSR count). The highest BCUT2D eigenvalue weighted by Crippen LogP contribution is 2.39. The smallest absolute Gasteiger partial charge is 0.255 e. The molecule has 1 amide bonds. The number of hydrogen-bond donors (Lipinski definition) is 1. The molecule has 3 fully saturated rings. The molecular weight excluding hydrogens is 302 g/mol. The van der Waals surface area contributed by atoms with Gasteiger partial charge in [0, 0.05) is 19.6 Å². The van der Waals surface area contributed by atoms with E-state index >= 15 is 0 Å². The predicted octanol–water partition coefficient (Wildman–Crippen LogP) is 2.12. The Labute approximate surface area is 144 Å². The summed E-state index contributed by atoms with van der Waals surface area (Å²) in [7, 11) is 2.05. The first-order chi connectivity index (χ1) is 11.4. The Morgan fingerprint density at radius 1 is 1.29 bits per heavy atom. The lowest BCUT2D eigenvalue weighted by atomic mass is 9.84. The Morgan fingerprint density at radius 3 is 2.71 bits per heavy atom. The van der Waals surface area contributed by atoms with Crippen LogP contribution >= 0.6 is 0 Å². The molecule has 1 unspecified atom stereocenters. The van der Waals surface area contributed by atoms with E-state index in [4.69, 9.17) is 4.74 Å². The van der Waals surface area contributed by atoms with Crippen LogP contribution in [-0.4, -0.2) is 55.7 Å². The average molecular weight is 329 g/mol. The van der Waals surface area contributed by atoms with Crippen molar-refractivity contribution in [1.29, 1.82) is 0 Å². The molecule has 1 atom stereocenters. The summed E-state index contributed by atoms with van der Waals surface area (Å²) in [6, 6.07) is 6.12. The van der Waals surface area contributed by atoms with Crippen LogP contribution in [0.15, 0.2) is 18.2 Å². The highest BCUT2D eigenvalue weighted by Gasteiger charge is 2.37. The van der Waals surface area contributed by atoms with Crippen LogP contribution in [0, 0.1) is 5.92 Å². The van der Waals surface area contributed by atoms with Gasteiger partial charge in [0.05, 0.1) is 17.8 Å². The molecule has 1 aromatic rings. The summed E-state index contributed by atoms with van der Waals surface area (Å²) in [5.74, 6) is 1.34. The van der Waals surface area contributed by atoms with E-state index in [1.54, 1.807) is 0 Å². The van der Waals surface area contributed by atoms with E-state index in [0.29, 0.717) is 11.5 Å². The SMILES string of the molecule is CN1CC(C)(C)Oc2c(C(=O)NC3CN4CCC3CC4)cccc21. The number of hydrogen-bond acceptors (Lipinski definition) is 4. The van der Waals surface area contributed by atoms with Crippen LogP contribution in [0.3, 0.4) is 0 Å². The van der Waals surface area contributed by atoms with Crippen LogP contribution < -0.4 is 15.0 Å². The fourth-order valence-electron chi connectivity index (χ4n) is 4.45. The number of anilines is 1. The molecule has 1 aromatic carbocycles. The van der Waals surface area contributed by atoms with Gasteiger partial charge in [0.2, 0.25) is 0 Å². The number of carbonyl (C=O) groups is 1. The number of para-hydroxylation sites is 1. The normalized spacial score (nSPS) is 30.5. The third-order valence-corrected chi connectivity index (χ3v) is 5.62. The maximum atomic E-state index is 13.0. The topological polar surface area (TPSA) is 44.8 Å². The Kier molecular flexibility index (Phi) is 3.71. The summed E-state index contributed by atoms with van der Waals surface area (Å²) < 4.78 is 6.18. The second kappa shape index (κ2) is 5.66. The lowest BCUT2D eigenvalue weighted by molar-refractivity contribution is 0.0611. The molecule has 0 radical (unpaired) electrons. The predicted molar refractivity (Wildman–Crippen MR) is 94.8 cm³/mol. The van der Waals surface area contributed by atoms with Crippen molar-refractivity contribution in [3.05, 3.63) is 23.8 Å². The minimum absolute atomic E-state index is 0.00306. The average Bonchev–Trinajstić information content (AvgIpc) is 2.54. The van der Waals surface area contributed by atoms with Crippen molar-refractivity contribution >= 4 is 11.6 Å². The van der Waals surface area contributed by atoms with Gasteiger partial charge in [-0.3, -0.25) is 4.79 Å². The van der Waals surface area contributed by atoms with E-state index in [0.717, 1.165) is 24.5 Å². The standard InChI is InChI=1S/C19H27N3O2/c1-19(2)12-21(3)16-6-4-5-14(17(16)24-19)18(23)20-15-11-22-9-7-13(15)8-10-22/h4-6,13,15H,7-12H2,1-3H3,(H,20,23). The summed E-state index contributed by atoms with van der Waals surface area (Å²) in [5.41, 5.74) is 1.35. The summed E-state index contributed by atoms with van der Waals surface area (Å²) in [4.78, 5) is 17.6. The number of nitrogens with zero attached hydrogens (tertiary/aromatic N) is 2. The number of benzene rings is 1. The Bertz CT molecular complexity index is 650. The van der Waals surface area contributed by atoms with Crippen LogP contribution in [0.25, 0.3) is 0 Å². The van der Waals surface area contributed by atoms with Gasteiger partial charge < -0.3 is 19.9 Å². The number of fused-ring (bicyclic) bond motifs is 4. The van der Waals surface area contributed by atoms with Gasteiger partial charge in [-0.05, 0) is 57.8 Å². The van der Waals surface area contributed by atoms with Gasteiger partial charge in [-0.2, -0.15) is 0 Å². The Balaban J connectivity index is 1.58. The van der Waals surface area contributed by atoms with Crippen LogP contribution in [0.1, 0.15) is 37.0 Å². The number of carbonyl (C=O) groups excluding carboxylic acids is 1. The quantitative estimate of drug-likeness (QED) is 0.903. The highest BCUT2D eigenvalue weighted by molar-refractivity contribution is 5.99. The summed E-state index contributed by atoms with van der Waals surface area (Å²) >= 11 is 0. The monoisotopic (exact) mass is 329 g/mol. The van der Waals surface area contributed by atoms with E-state index in [1.165, 1.54) is 25.9 Å². The van der Waals surface area contributed by atoms with Crippen molar-refractivity contribution < 1.29 is 9.53 Å². The zero-order valence-electron chi connectivity index (χ0n) is 14.8. The molecule has 3 saturated heterocycles. The lowest BCUT2D eigenvalue weighted by Gasteiger charge is -2.45. The Hall–Kier alpha value is -1.75. The van der Waals surface area contributed by atoms with Crippen molar-refractivity contribution in [2.24, 2.45) is 5.92 Å². The van der Waals surface area contributed by atoms with Crippen molar-refractivity contribution in [2.75, 3.05) is 38.1 Å². The van der Waals surface area contributed by atoms with Gasteiger partial charge in [0.25, 0.3) is 5.91 Å². The van der Waals surface area contributed by atoms with Gasteiger partial charge in [-0.1, -0.05) is 6.07 Å². The molecule has 0 saturated carbocycles. The summed E-state index contributed by atoms with van der Waals surface area (Å²) in [6.45, 7) is 8.28. The molecule has 5 nitrogen and oxygen atoms in total. The van der Waals surface area contributed by atoms with Gasteiger partial charge in [0.15, 0.2) is 5.75 Å². The zero-order chi connectivity index (χ0) is 16.9. The van der Waals surface area contributed by atoms with E-state index in [-0.39, 0.29) is 17.6 Å². The molecule has 0 aromatic heterocycles. The number of piperidine rings is 3. The lowest BCUT2D eigenvalue weighted by Crippen LogP contribution is -2.57. The Morgan fingerprint density at radius 2 is 2.04 bits per heavy atom. The fraction of sp³-hybridized carbons (Fsp3) is 0.632. The minimum atomic E-state index is -0.298. The molecule has 4 aliphatic rings.